The van der Waals surface area contributed by atoms with Crippen LogP contribution in [0.3, 0.4) is 0 Å². The zero-order valence-electron chi connectivity index (χ0n) is 19.9. The number of imidazole rings is 1. The topological polar surface area (TPSA) is 45.5 Å². The molecule has 0 N–H and O–H groups in total. The number of hydrogen-bond acceptors (Lipinski definition) is 4. The van der Waals surface area contributed by atoms with E-state index in [9.17, 15) is 0 Å². The van der Waals surface area contributed by atoms with Gasteiger partial charge in [0.25, 0.3) is 0 Å². The molecule has 1 aromatic heterocycles. The molecule has 172 valence electrons. The van der Waals surface area contributed by atoms with Crippen LogP contribution in [0.4, 0.5) is 0 Å². The van der Waals surface area contributed by atoms with Crippen molar-refractivity contribution in [1.82, 2.24) is 9.55 Å². The summed E-state index contributed by atoms with van der Waals surface area (Å²) in [5, 5.41) is 0. The first-order valence-electron chi connectivity index (χ1n) is 11.4. The Morgan fingerprint density at radius 1 is 0.818 bits per heavy atom. The summed E-state index contributed by atoms with van der Waals surface area (Å²) in [6.07, 6.45) is 2.73. The van der Waals surface area contributed by atoms with E-state index in [-0.39, 0.29) is 0 Å². The maximum absolute atomic E-state index is 6.05. The van der Waals surface area contributed by atoms with Crippen molar-refractivity contribution >= 4 is 11.0 Å². The number of methoxy groups -OCH3 is 2. The van der Waals surface area contributed by atoms with Crippen LogP contribution >= 0.6 is 0 Å². The lowest BCUT2D eigenvalue weighted by Crippen LogP contribution is -2.07. The monoisotopic (exact) mass is 444 g/mol. The average molecular weight is 445 g/mol. The summed E-state index contributed by atoms with van der Waals surface area (Å²) in [5.74, 6) is 3.51. The average Bonchev–Trinajstić information content (AvgIpc) is 3.18. The first kappa shape index (κ1) is 22.7. The van der Waals surface area contributed by atoms with E-state index in [1.165, 1.54) is 16.6 Å². The van der Waals surface area contributed by atoms with E-state index < -0.39 is 0 Å². The van der Waals surface area contributed by atoms with E-state index in [2.05, 4.69) is 54.8 Å². The Kier molecular flexibility index (Phi) is 7.18. The van der Waals surface area contributed by atoms with Crippen molar-refractivity contribution in [1.29, 1.82) is 0 Å². The third kappa shape index (κ3) is 5.14. The van der Waals surface area contributed by atoms with Gasteiger partial charge in [0.05, 0.1) is 31.9 Å². The highest BCUT2D eigenvalue weighted by atomic mass is 16.5. The van der Waals surface area contributed by atoms with E-state index in [0.717, 1.165) is 60.0 Å². The van der Waals surface area contributed by atoms with Gasteiger partial charge in [-0.15, -0.1) is 0 Å². The molecule has 0 amide bonds. The molecular weight excluding hydrogens is 412 g/mol. The van der Waals surface area contributed by atoms with Gasteiger partial charge in [-0.05, 0) is 73.7 Å². The van der Waals surface area contributed by atoms with Crippen LogP contribution in [0.25, 0.3) is 11.0 Å². The van der Waals surface area contributed by atoms with E-state index in [0.29, 0.717) is 6.61 Å². The second kappa shape index (κ2) is 10.4. The molecule has 5 nitrogen and oxygen atoms in total. The zero-order valence-corrected chi connectivity index (χ0v) is 19.9. The smallest absolute Gasteiger partial charge is 0.161 e. The number of ether oxygens (including phenoxy) is 3. The summed E-state index contributed by atoms with van der Waals surface area (Å²) in [7, 11) is 3.32. The maximum atomic E-state index is 6.05. The molecule has 4 aromatic rings. The normalized spacial score (nSPS) is 11.0. The van der Waals surface area contributed by atoms with Crippen molar-refractivity contribution in [2.24, 2.45) is 0 Å². The second-order valence-corrected chi connectivity index (χ2v) is 8.29. The summed E-state index contributed by atoms with van der Waals surface area (Å²) < 4.78 is 19.2. The molecule has 1 heterocycles. The van der Waals surface area contributed by atoms with Crippen molar-refractivity contribution < 1.29 is 14.2 Å². The molecule has 0 aliphatic heterocycles. The molecule has 0 aliphatic rings. The predicted molar refractivity (Wildman–Crippen MR) is 133 cm³/mol. The Hall–Kier alpha value is -3.47. The van der Waals surface area contributed by atoms with E-state index in [1.54, 1.807) is 14.2 Å². The quantitative estimate of drug-likeness (QED) is 0.276. The summed E-state index contributed by atoms with van der Waals surface area (Å²) >= 11 is 0. The number of benzene rings is 3. The Balaban J connectivity index is 1.46. The molecule has 0 atom stereocenters. The van der Waals surface area contributed by atoms with Gasteiger partial charge < -0.3 is 18.8 Å². The van der Waals surface area contributed by atoms with Crippen molar-refractivity contribution in [3.05, 3.63) is 83.2 Å². The van der Waals surface area contributed by atoms with Crippen LogP contribution in [-0.2, 0) is 13.0 Å². The number of fused-ring (bicyclic) bond motifs is 1. The van der Waals surface area contributed by atoms with E-state index >= 15 is 0 Å². The predicted octanol–water partition coefficient (Wildman–Crippen LogP) is 6.12. The van der Waals surface area contributed by atoms with Crippen molar-refractivity contribution in [3.63, 3.8) is 0 Å². The number of aryl methyl sites for hydroxylation is 2. The summed E-state index contributed by atoms with van der Waals surface area (Å²) in [5.41, 5.74) is 5.82. The Morgan fingerprint density at radius 2 is 1.64 bits per heavy atom. The van der Waals surface area contributed by atoms with E-state index in [1.807, 2.05) is 24.3 Å². The van der Waals surface area contributed by atoms with Gasteiger partial charge in [0.15, 0.2) is 11.5 Å². The van der Waals surface area contributed by atoms with Gasteiger partial charge in [-0.1, -0.05) is 30.3 Å². The van der Waals surface area contributed by atoms with Crippen LogP contribution in [0.2, 0.25) is 0 Å². The summed E-state index contributed by atoms with van der Waals surface area (Å²) in [6, 6.07) is 20.6. The highest BCUT2D eigenvalue weighted by Crippen LogP contribution is 2.29. The molecule has 0 saturated carbocycles. The van der Waals surface area contributed by atoms with Gasteiger partial charge >= 0.3 is 0 Å². The van der Waals surface area contributed by atoms with Gasteiger partial charge in [-0.3, -0.25) is 0 Å². The van der Waals surface area contributed by atoms with Crippen LogP contribution in [0.1, 0.15) is 35.4 Å². The van der Waals surface area contributed by atoms with Gasteiger partial charge in [-0.2, -0.15) is 0 Å². The van der Waals surface area contributed by atoms with Crippen molar-refractivity contribution in [2.45, 2.75) is 39.7 Å². The molecule has 0 radical (unpaired) electrons. The minimum absolute atomic E-state index is 0.710. The number of aromatic nitrogens is 2. The molecule has 0 fully saturated rings. The van der Waals surface area contributed by atoms with Crippen LogP contribution < -0.4 is 14.2 Å². The molecular formula is C28H32N2O3. The first-order chi connectivity index (χ1) is 16.1. The Labute approximate surface area is 195 Å². The van der Waals surface area contributed by atoms with Gasteiger partial charge in [0.1, 0.15) is 11.6 Å². The number of unbranched alkanes of at least 4 members (excludes halogenated alkanes) is 1. The van der Waals surface area contributed by atoms with E-state index in [4.69, 9.17) is 19.2 Å². The zero-order chi connectivity index (χ0) is 23.2. The lowest BCUT2D eigenvalue weighted by molar-refractivity contribution is 0.301. The molecule has 0 saturated heterocycles. The molecule has 0 bridgehead atoms. The number of nitrogens with zero attached hydrogens (tertiary/aromatic N) is 2. The molecule has 4 rings (SSSR count). The van der Waals surface area contributed by atoms with Crippen LogP contribution in [0.5, 0.6) is 17.2 Å². The minimum atomic E-state index is 0.710. The van der Waals surface area contributed by atoms with Crippen molar-refractivity contribution in [3.8, 4) is 17.2 Å². The standard InChI is InChI=1S/C28H32N2O3/c1-20-10-9-13-25(21(20)2)33-17-8-7-16-30-24-12-6-5-11-23(24)29-28(30)19-22-14-15-26(31-3)27(18-22)32-4/h5-6,9-15,18H,7-8,16-17,19H2,1-4H3. The molecule has 3 aromatic carbocycles. The van der Waals surface area contributed by atoms with Gasteiger partial charge in [0, 0.05) is 13.0 Å². The fourth-order valence-electron chi connectivity index (χ4n) is 4.12. The van der Waals surface area contributed by atoms with Crippen LogP contribution in [0, 0.1) is 13.8 Å². The lowest BCUT2D eigenvalue weighted by Gasteiger charge is -2.13. The molecule has 33 heavy (non-hydrogen) atoms. The number of para-hydroxylation sites is 2. The second-order valence-electron chi connectivity index (χ2n) is 8.29. The van der Waals surface area contributed by atoms with Crippen LogP contribution in [0.15, 0.2) is 60.7 Å². The molecule has 0 unspecified atom stereocenters. The summed E-state index contributed by atoms with van der Waals surface area (Å²) in [4.78, 5) is 4.93. The molecule has 0 aliphatic carbocycles. The maximum Gasteiger partial charge on any atom is 0.161 e. The molecule has 0 spiro atoms. The third-order valence-electron chi connectivity index (χ3n) is 6.13. The van der Waals surface area contributed by atoms with Gasteiger partial charge in [0.2, 0.25) is 0 Å². The Bertz CT molecular complexity index is 1230. The fraction of sp³-hybridized carbons (Fsp3) is 0.321. The van der Waals surface area contributed by atoms with Gasteiger partial charge in [-0.25, -0.2) is 4.98 Å². The third-order valence-corrected chi connectivity index (χ3v) is 6.13. The van der Waals surface area contributed by atoms with Crippen LogP contribution in [-0.4, -0.2) is 30.4 Å². The number of rotatable bonds is 10. The lowest BCUT2D eigenvalue weighted by atomic mass is 10.1. The fourth-order valence-corrected chi connectivity index (χ4v) is 4.12. The highest BCUT2D eigenvalue weighted by molar-refractivity contribution is 5.76. The number of hydrogen-bond donors (Lipinski definition) is 0. The van der Waals surface area contributed by atoms with Crippen molar-refractivity contribution in [2.75, 3.05) is 20.8 Å². The SMILES string of the molecule is COc1ccc(Cc2nc3ccccc3n2CCCCOc2cccc(C)c2C)cc1OC. The molecule has 5 heteroatoms. The summed E-state index contributed by atoms with van der Waals surface area (Å²) in [6.45, 7) is 5.84. The minimum Gasteiger partial charge on any atom is -0.493 e. The first-order valence-corrected chi connectivity index (χ1v) is 11.4. The highest BCUT2D eigenvalue weighted by Gasteiger charge is 2.13. The Morgan fingerprint density at radius 3 is 2.45 bits per heavy atom. The largest absolute Gasteiger partial charge is 0.493 e.